The molecule has 154 valence electrons. The van der Waals surface area contributed by atoms with Crippen LogP contribution in [0.3, 0.4) is 0 Å². The summed E-state index contributed by atoms with van der Waals surface area (Å²) < 4.78 is 44.6. The zero-order valence-corrected chi connectivity index (χ0v) is 16.1. The number of ether oxygens (including phenoxy) is 1. The molecular weight excluding hydrogens is 385 g/mol. The van der Waals surface area contributed by atoms with Crippen molar-refractivity contribution in [3.63, 3.8) is 0 Å². The summed E-state index contributed by atoms with van der Waals surface area (Å²) in [7, 11) is 1.73. The second-order valence-electron chi connectivity index (χ2n) is 7.36. The van der Waals surface area contributed by atoms with Gasteiger partial charge in [-0.25, -0.2) is 9.78 Å². The zero-order chi connectivity index (χ0) is 20.8. The van der Waals surface area contributed by atoms with Gasteiger partial charge in [-0.2, -0.15) is 0 Å². The number of halogens is 3. The van der Waals surface area contributed by atoms with Crippen LogP contribution in [0.1, 0.15) is 37.3 Å². The van der Waals surface area contributed by atoms with Crippen LogP contribution in [0, 0.1) is 6.92 Å². The van der Waals surface area contributed by atoms with Gasteiger partial charge in [-0.05, 0) is 43.5 Å². The highest BCUT2D eigenvalue weighted by atomic mass is 19.4. The van der Waals surface area contributed by atoms with Crippen molar-refractivity contribution in [2.45, 2.75) is 45.0 Å². The van der Waals surface area contributed by atoms with Crippen LogP contribution < -0.4 is 15.7 Å². The van der Waals surface area contributed by atoms with Crippen molar-refractivity contribution in [1.82, 2.24) is 14.1 Å². The first kappa shape index (κ1) is 19.4. The zero-order valence-electron chi connectivity index (χ0n) is 16.1. The Balaban J connectivity index is 1.67. The third-order valence-corrected chi connectivity index (χ3v) is 5.36. The summed E-state index contributed by atoms with van der Waals surface area (Å²) >= 11 is 0. The number of hydrogen-bond acceptors (Lipinski definition) is 4. The minimum Gasteiger partial charge on any atom is -0.406 e. The normalized spacial score (nSPS) is 15.2. The Labute approximate surface area is 164 Å². The fourth-order valence-corrected chi connectivity index (χ4v) is 3.95. The van der Waals surface area contributed by atoms with Crippen LogP contribution in [0.15, 0.2) is 35.3 Å². The van der Waals surface area contributed by atoms with Crippen molar-refractivity contribution in [2.75, 3.05) is 5.32 Å². The monoisotopic (exact) mass is 406 g/mol. The van der Waals surface area contributed by atoms with Crippen LogP contribution in [0.4, 0.5) is 24.7 Å². The first-order valence-corrected chi connectivity index (χ1v) is 9.43. The highest BCUT2D eigenvalue weighted by Crippen LogP contribution is 2.32. The summed E-state index contributed by atoms with van der Waals surface area (Å²) in [4.78, 5) is 17.1. The number of nitrogens with one attached hydrogen (secondary N) is 1. The van der Waals surface area contributed by atoms with E-state index < -0.39 is 6.36 Å². The van der Waals surface area contributed by atoms with Gasteiger partial charge < -0.3 is 10.1 Å². The number of benzene rings is 1. The second-order valence-corrected chi connectivity index (χ2v) is 7.36. The molecule has 0 unspecified atom stereocenters. The summed E-state index contributed by atoms with van der Waals surface area (Å²) in [5.74, 6) is 0.240. The van der Waals surface area contributed by atoms with Gasteiger partial charge >= 0.3 is 12.1 Å². The molecule has 9 heteroatoms. The van der Waals surface area contributed by atoms with Crippen molar-refractivity contribution in [3.8, 4) is 5.75 Å². The number of rotatable bonds is 4. The van der Waals surface area contributed by atoms with Crippen LogP contribution >= 0.6 is 0 Å². The lowest BCUT2D eigenvalue weighted by Crippen LogP contribution is -2.24. The molecule has 1 aliphatic carbocycles. The van der Waals surface area contributed by atoms with E-state index in [-0.39, 0.29) is 17.5 Å². The predicted molar refractivity (Wildman–Crippen MR) is 104 cm³/mol. The molecule has 1 aliphatic rings. The molecule has 1 saturated carbocycles. The molecule has 0 bridgehead atoms. The lowest BCUT2D eigenvalue weighted by atomic mass is 10.2. The Hall–Kier alpha value is -2.97. The quantitative estimate of drug-likeness (QED) is 0.676. The van der Waals surface area contributed by atoms with E-state index in [0.717, 1.165) is 36.7 Å². The average molecular weight is 406 g/mol. The lowest BCUT2D eigenvalue weighted by Gasteiger charge is -2.14. The maximum atomic E-state index is 12.7. The summed E-state index contributed by atoms with van der Waals surface area (Å²) in [5, 5.41) is 3.13. The molecular formula is C20H21F3N4O2. The van der Waals surface area contributed by atoms with Gasteiger partial charge in [0.25, 0.3) is 0 Å². The first-order chi connectivity index (χ1) is 13.7. The summed E-state index contributed by atoms with van der Waals surface area (Å²) in [6, 6.07) is 6.07. The third-order valence-electron chi connectivity index (χ3n) is 5.36. The third kappa shape index (κ3) is 3.81. The number of fused-ring (bicyclic) bond motifs is 1. The first-order valence-electron chi connectivity index (χ1n) is 9.43. The molecule has 6 nitrogen and oxygen atoms in total. The van der Waals surface area contributed by atoms with Gasteiger partial charge in [-0.3, -0.25) is 9.13 Å². The Bertz CT molecular complexity index is 1110. The van der Waals surface area contributed by atoms with Crippen LogP contribution in [0.2, 0.25) is 0 Å². The Morgan fingerprint density at radius 1 is 1.17 bits per heavy atom. The largest absolute Gasteiger partial charge is 0.573 e. The van der Waals surface area contributed by atoms with E-state index in [4.69, 9.17) is 0 Å². The van der Waals surface area contributed by atoms with E-state index in [2.05, 4.69) is 15.0 Å². The summed E-state index contributed by atoms with van der Waals surface area (Å²) in [6.45, 7) is 1.68. The highest BCUT2D eigenvalue weighted by Gasteiger charge is 2.31. The number of imidazole rings is 1. The molecule has 2 heterocycles. The summed E-state index contributed by atoms with van der Waals surface area (Å²) in [5.41, 5.74) is 2.68. The minimum absolute atomic E-state index is 0.0596. The molecule has 1 N–H and O–H groups in total. The van der Waals surface area contributed by atoms with Crippen LogP contribution in [0.25, 0.3) is 11.0 Å². The van der Waals surface area contributed by atoms with Crippen molar-refractivity contribution < 1.29 is 17.9 Å². The number of hydrogen-bond donors (Lipinski definition) is 1. The fraction of sp³-hybridized carbons (Fsp3) is 0.400. The lowest BCUT2D eigenvalue weighted by molar-refractivity contribution is -0.274. The number of nitrogens with zero attached hydrogens (tertiary/aromatic N) is 3. The maximum Gasteiger partial charge on any atom is 0.573 e. The molecule has 0 atom stereocenters. The van der Waals surface area contributed by atoms with E-state index in [1.54, 1.807) is 24.7 Å². The molecule has 1 fully saturated rings. The molecule has 0 aliphatic heterocycles. The van der Waals surface area contributed by atoms with E-state index in [9.17, 15) is 18.0 Å². The standard InChI is InChI=1S/C20H21F3N4O2/c1-12-9-14(29-20(21,22)23)7-8-15(12)25-18-10-16-17(11-24-18)26(2)19(28)27(16)13-5-3-4-6-13/h7-11,13H,3-6H2,1-2H3,(H,24,25). The van der Waals surface area contributed by atoms with Crippen molar-refractivity contribution >= 4 is 22.5 Å². The maximum absolute atomic E-state index is 12.7. The number of alkyl halides is 3. The van der Waals surface area contributed by atoms with Gasteiger partial charge in [0.1, 0.15) is 11.6 Å². The van der Waals surface area contributed by atoms with Gasteiger partial charge in [0, 0.05) is 24.8 Å². The van der Waals surface area contributed by atoms with Crippen LogP contribution in [-0.2, 0) is 7.05 Å². The Morgan fingerprint density at radius 2 is 1.90 bits per heavy atom. The van der Waals surface area contributed by atoms with Gasteiger partial charge in [-0.15, -0.1) is 13.2 Å². The minimum atomic E-state index is -4.73. The molecule has 0 saturated heterocycles. The predicted octanol–water partition coefficient (Wildman–Crippen LogP) is 4.80. The van der Waals surface area contributed by atoms with E-state index in [0.29, 0.717) is 17.1 Å². The van der Waals surface area contributed by atoms with Crippen molar-refractivity contribution in [1.29, 1.82) is 0 Å². The van der Waals surface area contributed by atoms with Gasteiger partial charge in [0.05, 0.1) is 17.2 Å². The van der Waals surface area contributed by atoms with Crippen molar-refractivity contribution in [2.24, 2.45) is 7.05 Å². The van der Waals surface area contributed by atoms with Crippen LogP contribution in [-0.4, -0.2) is 20.5 Å². The molecule has 29 heavy (non-hydrogen) atoms. The van der Waals surface area contributed by atoms with E-state index in [1.807, 2.05) is 10.6 Å². The van der Waals surface area contributed by atoms with Crippen LogP contribution in [0.5, 0.6) is 5.75 Å². The molecule has 3 aromatic rings. The molecule has 2 aromatic heterocycles. The Kier molecular flexibility index (Phi) is 4.76. The molecule has 1 aromatic carbocycles. The highest BCUT2D eigenvalue weighted by molar-refractivity contribution is 5.79. The molecule has 0 radical (unpaired) electrons. The van der Waals surface area contributed by atoms with E-state index in [1.165, 1.54) is 18.2 Å². The Morgan fingerprint density at radius 3 is 2.55 bits per heavy atom. The van der Waals surface area contributed by atoms with Gasteiger partial charge in [-0.1, -0.05) is 12.8 Å². The van der Waals surface area contributed by atoms with Crippen molar-refractivity contribution in [3.05, 3.63) is 46.5 Å². The SMILES string of the molecule is Cc1cc(OC(F)(F)F)ccc1Nc1cc2c(cn1)n(C)c(=O)n2C1CCCC1. The fourth-order valence-electron chi connectivity index (χ4n) is 3.95. The smallest absolute Gasteiger partial charge is 0.406 e. The van der Waals surface area contributed by atoms with Gasteiger partial charge in [0.15, 0.2) is 0 Å². The number of pyridine rings is 1. The topological polar surface area (TPSA) is 61.1 Å². The number of aryl methyl sites for hydroxylation is 2. The van der Waals surface area contributed by atoms with E-state index >= 15 is 0 Å². The average Bonchev–Trinajstić information content (AvgIpc) is 3.24. The number of aromatic nitrogens is 3. The number of anilines is 2. The van der Waals surface area contributed by atoms with Gasteiger partial charge in [0.2, 0.25) is 0 Å². The summed E-state index contributed by atoms with van der Waals surface area (Å²) in [6.07, 6.45) is 1.07. The molecule has 4 rings (SSSR count). The molecule has 0 spiro atoms. The second kappa shape index (κ2) is 7.13. The molecule has 0 amide bonds.